The first-order valence-corrected chi connectivity index (χ1v) is 14.1. The van der Waals surface area contributed by atoms with Gasteiger partial charge in [0, 0.05) is 55.3 Å². The first-order valence-electron chi connectivity index (χ1n) is 14.1. The lowest BCUT2D eigenvalue weighted by atomic mass is 9.85. The van der Waals surface area contributed by atoms with Gasteiger partial charge in [-0.3, -0.25) is 4.79 Å². The molecule has 10 nitrogen and oxygen atoms in total. The number of hydrogen-bond donors (Lipinski definition) is 1. The van der Waals surface area contributed by atoms with Crippen molar-refractivity contribution in [3.05, 3.63) is 53.7 Å². The second-order valence-corrected chi connectivity index (χ2v) is 11.9. The molecule has 1 fully saturated rings. The summed E-state index contributed by atoms with van der Waals surface area (Å²) in [5, 5.41) is 3.89. The molecular weight excluding hydrogens is 546 g/mol. The lowest BCUT2D eigenvalue weighted by molar-refractivity contribution is -0.732. The number of rotatable bonds is 5. The fraction of sp³-hybridized carbons (Fsp3) is 0.533. The van der Waals surface area contributed by atoms with Crippen LogP contribution in [0.25, 0.3) is 10.9 Å². The standard InChI is InChI=1S/C30H39N5O5.ClH/c1-20-33(17-21-12-13-25-26(27(21)36)23-10-6-7-11-24(23)32(25)5)15-16-35(20)19-39-29(38)34-14-8-9-22(18-34)31-28(37)40-30(2,3)4;/h6-7,10-11,15-16,21-22H,8-9,12-14,17-19H2,1-5H3;1H/t21?,22-;/m1./s1. The summed E-state index contributed by atoms with van der Waals surface area (Å²) in [5.41, 5.74) is 2.50. The highest BCUT2D eigenvalue weighted by molar-refractivity contribution is 6.11. The highest BCUT2D eigenvalue weighted by Gasteiger charge is 2.34. The average molecular weight is 586 g/mol. The Kier molecular flexibility index (Phi) is 9.01. The van der Waals surface area contributed by atoms with E-state index in [-0.39, 0.29) is 36.9 Å². The van der Waals surface area contributed by atoms with Crippen LogP contribution in [0.5, 0.6) is 0 Å². The van der Waals surface area contributed by atoms with Crippen molar-refractivity contribution in [2.75, 3.05) is 13.1 Å². The van der Waals surface area contributed by atoms with Crippen LogP contribution in [0.15, 0.2) is 36.7 Å². The van der Waals surface area contributed by atoms with Crippen LogP contribution in [0.3, 0.4) is 0 Å². The summed E-state index contributed by atoms with van der Waals surface area (Å²) in [7, 11) is 2.04. The molecule has 5 rings (SSSR count). The fourth-order valence-electron chi connectivity index (χ4n) is 5.89. The molecular formula is C30H40ClN5O5. The Labute approximate surface area is 247 Å². The molecule has 1 unspecified atom stereocenters. The van der Waals surface area contributed by atoms with Crippen molar-refractivity contribution >= 4 is 28.9 Å². The van der Waals surface area contributed by atoms with Gasteiger partial charge in [-0.15, -0.1) is 0 Å². The molecule has 3 heterocycles. The number of nitrogens with one attached hydrogen (secondary N) is 1. The maximum Gasteiger partial charge on any atom is 0.413 e. The summed E-state index contributed by atoms with van der Waals surface area (Å²) in [6.45, 7) is 9.03. The summed E-state index contributed by atoms with van der Waals surface area (Å²) < 4.78 is 17.1. The molecule has 3 aromatic rings. The fourth-order valence-corrected chi connectivity index (χ4v) is 5.89. The third-order valence-electron chi connectivity index (χ3n) is 7.98. The Morgan fingerprint density at radius 2 is 1.93 bits per heavy atom. The van der Waals surface area contributed by atoms with Gasteiger partial charge in [-0.2, -0.15) is 4.57 Å². The number of ether oxygens (including phenoxy) is 2. The summed E-state index contributed by atoms with van der Waals surface area (Å²) in [6, 6.07) is 7.92. The van der Waals surface area contributed by atoms with Crippen LogP contribution in [-0.2, 0) is 36.2 Å². The smallest absolute Gasteiger partial charge is 0.413 e. The van der Waals surface area contributed by atoms with Gasteiger partial charge in [0.15, 0.2) is 5.78 Å². The number of carbonyl (C=O) groups excluding carboxylic acids is 3. The lowest BCUT2D eigenvalue weighted by Gasteiger charge is -2.32. The Hall–Kier alpha value is -3.53. The molecule has 0 spiro atoms. The van der Waals surface area contributed by atoms with Gasteiger partial charge in [0.05, 0.1) is 5.92 Å². The first-order chi connectivity index (χ1) is 19.0. The number of nitrogens with zero attached hydrogens (tertiary/aromatic N) is 4. The molecule has 2 aromatic heterocycles. The van der Waals surface area contributed by atoms with Crippen LogP contribution < -0.4 is 22.3 Å². The number of aryl methyl sites for hydroxylation is 1. The van der Waals surface area contributed by atoms with E-state index >= 15 is 0 Å². The number of imidazole rings is 1. The van der Waals surface area contributed by atoms with Gasteiger partial charge < -0.3 is 36.7 Å². The topological polar surface area (TPSA) is 98.7 Å². The SMILES string of the molecule is Cc1n(CC2CCc3c(c4ccccc4n3C)C2=O)cc[n+]1COC(=O)N1CCC[C@@H](NC(=O)OC(C)(C)C)C1.[Cl-]. The third-order valence-corrected chi connectivity index (χ3v) is 7.98. The van der Waals surface area contributed by atoms with Gasteiger partial charge in [0.1, 0.15) is 24.5 Å². The number of para-hydroxylation sites is 1. The van der Waals surface area contributed by atoms with Gasteiger partial charge in [-0.05, 0) is 52.5 Å². The lowest BCUT2D eigenvalue weighted by Crippen LogP contribution is -3.00. The number of amides is 2. The summed E-state index contributed by atoms with van der Waals surface area (Å²) in [4.78, 5) is 40.2. The van der Waals surface area contributed by atoms with E-state index in [2.05, 4.69) is 20.5 Å². The molecule has 2 atom stereocenters. The second kappa shape index (κ2) is 12.1. The van der Waals surface area contributed by atoms with Crippen molar-refractivity contribution in [2.45, 2.75) is 78.3 Å². The molecule has 1 aliphatic carbocycles. The van der Waals surface area contributed by atoms with E-state index in [0.717, 1.165) is 53.7 Å². The molecule has 2 aliphatic rings. The van der Waals surface area contributed by atoms with Crippen molar-refractivity contribution in [1.82, 2.24) is 19.4 Å². The zero-order valence-electron chi connectivity index (χ0n) is 24.5. The second-order valence-electron chi connectivity index (χ2n) is 11.9. The number of aromatic nitrogens is 3. The molecule has 1 saturated heterocycles. The number of Topliss-reactive ketones (excluding diaryl/α,β-unsaturated/α-hetero) is 1. The molecule has 0 radical (unpaired) electrons. The zero-order valence-corrected chi connectivity index (χ0v) is 25.2. The van der Waals surface area contributed by atoms with E-state index in [1.807, 2.05) is 69.9 Å². The van der Waals surface area contributed by atoms with Crippen LogP contribution in [-0.4, -0.2) is 56.7 Å². The van der Waals surface area contributed by atoms with Gasteiger partial charge in [-0.1, -0.05) is 18.2 Å². The highest BCUT2D eigenvalue weighted by atomic mass is 35.5. The van der Waals surface area contributed by atoms with Crippen LogP contribution in [0.2, 0.25) is 0 Å². The van der Waals surface area contributed by atoms with Gasteiger partial charge >= 0.3 is 12.2 Å². The van der Waals surface area contributed by atoms with Crippen molar-refractivity contribution in [3.63, 3.8) is 0 Å². The Balaban J connectivity index is 0.00000387. The molecule has 222 valence electrons. The number of fused-ring (bicyclic) bond motifs is 3. The van der Waals surface area contributed by atoms with Crippen molar-refractivity contribution in [1.29, 1.82) is 0 Å². The molecule has 41 heavy (non-hydrogen) atoms. The average Bonchev–Trinajstić information content (AvgIpc) is 3.40. The van der Waals surface area contributed by atoms with E-state index in [9.17, 15) is 14.4 Å². The maximum absolute atomic E-state index is 13.6. The first kappa shape index (κ1) is 30.4. The van der Waals surface area contributed by atoms with Crippen LogP contribution >= 0.6 is 0 Å². The number of halogens is 1. The number of benzene rings is 1. The van der Waals surface area contributed by atoms with Gasteiger partial charge in [0.25, 0.3) is 5.82 Å². The highest BCUT2D eigenvalue weighted by Crippen LogP contribution is 2.34. The molecule has 1 N–H and O–H groups in total. The predicted molar refractivity (Wildman–Crippen MR) is 149 cm³/mol. The zero-order chi connectivity index (χ0) is 28.6. The number of alkyl carbamates (subject to hydrolysis) is 1. The van der Waals surface area contributed by atoms with E-state index in [1.54, 1.807) is 4.90 Å². The number of hydrogen-bond acceptors (Lipinski definition) is 5. The molecule has 1 aromatic carbocycles. The summed E-state index contributed by atoms with van der Waals surface area (Å²) in [6.07, 6.45) is 6.14. The quantitative estimate of drug-likeness (QED) is 0.453. The van der Waals surface area contributed by atoms with Crippen LogP contribution in [0.4, 0.5) is 9.59 Å². The minimum absolute atomic E-state index is 0. The minimum atomic E-state index is -0.577. The number of likely N-dealkylation sites (tertiary alicyclic amines) is 1. The number of ketones is 1. The van der Waals surface area contributed by atoms with Gasteiger partial charge in [0.2, 0.25) is 6.73 Å². The Bertz CT molecular complexity index is 1440. The van der Waals surface area contributed by atoms with Crippen LogP contribution in [0, 0.1) is 12.8 Å². The van der Waals surface area contributed by atoms with Crippen LogP contribution in [0.1, 0.15) is 61.9 Å². The monoisotopic (exact) mass is 585 g/mol. The molecule has 2 amide bonds. The number of carbonyl (C=O) groups is 3. The third kappa shape index (κ3) is 6.53. The van der Waals surface area contributed by atoms with E-state index in [0.29, 0.717) is 19.6 Å². The van der Waals surface area contributed by atoms with E-state index < -0.39 is 17.8 Å². The normalized spacial score (nSPS) is 19.0. The molecule has 0 bridgehead atoms. The van der Waals surface area contributed by atoms with E-state index in [1.165, 1.54) is 0 Å². The van der Waals surface area contributed by atoms with Gasteiger partial charge in [-0.25, -0.2) is 14.2 Å². The number of piperidine rings is 1. The summed E-state index contributed by atoms with van der Waals surface area (Å²) >= 11 is 0. The molecule has 0 saturated carbocycles. The largest absolute Gasteiger partial charge is 1.00 e. The van der Waals surface area contributed by atoms with Crippen molar-refractivity contribution < 1.29 is 40.8 Å². The maximum atomic E-state index is 13.6. The predicted octanol–water partition coefficient (Wildman–Crippen LogP) is 1.11. The van der Waals surface area contributed by atoms with Crippen molar-refractivity contribution in [3.8, 4) is 0 Å². The molecule has 11 heteroatoms. The van der Waals surface area contributed by atoms with E-state index in [4.69, 9.17) is 9.47 Å². The molecule has 1 aliphatic heterocycles. The van der Waals surface area contributed by atoms with Crippen molar-refractivity contribution in [2.24, 2.45) is 13.0 Å². The summed E-state index contributed by atoms with van der Waals surface area (Å²) in [5.74, 6) is 0.999. The minimum Gasteiger partial charge on any atom is -1.00 e. The Morgan fingerprint density at radius 1 is 1.17 bits per heavy atom. The Morgan fingerprint density at radius 3 is 2.68 bits per heavy atom.